The Labute approximate surface area is 194 Å². The van der Waals surface area contributed by atoms with Crippen LogP contribution in [0.15, 0.2) is 36.0 Å². The second-order valence-electron chi connectivity index (χ2n) is 8.48. The summed E-state index contributed by atoms with van der Waals surface area (Å²) in [6.07, 6.45) is 7.23. The Morgan fingerprint density at radius 2 is 2.00 bits per heavy atom. The molecule has 3 N–H and O–H groups in total. The molecule has 1 saturated carbocycles. The van der Waals surface area contributed by atoms with Crippen molar-refractivity contribution in [3.8, 4) is 5.75 Å². The molecule has 1 atom stereocenters. The molecule has 2 aliphatic rings. The molecule has 180 valence electrons. The number of carboxylic acids is 1. The van der Waals surface area contributed by atoms with Crippen molar-refractivity contribution in [2.75, 3.05) is 31.7 Å². The van der Waals surface area contributed by atoms with Crippen LogP contribution >= 0.6 is 0 Å². The Morgan fingerprint density at radius 3 is 2.70 bits per heavy atom. The molecule has 3 rings (SSSR count). The lowest BCUT2D eigenvalue weighted by atomic mass is 9.83. The largest absolute Gasteiger partial charge is 0.493 e. The van der Waals surface area contributed by atoms with Gasteiger partial charge in [-0.2, -0.15) is 0 Å². The van der Waals surface area contributed by atoms with E-state index in [1.54, 1.807) is 37.4 Å². The molecule has 0 radical (unpaired) electrons. The van der Waals surface area contributed by atoms with Crippen molar-refractivity contribution < 1.29 is 29.3 Å². The Balaban J connectivity index is 1.74. The summed E-state index contributed by atoms with van der Waals surface area (Å²) in [5, 5.41) is 21.3. The minimum atomic E-state index is -1.13. The van der Waals surface area contributed by atoms with Crippen molar-refractivity contribution in [1.82, 2.24) is 10.2 Å². The maximum atomic E-state index is 13.4. The summed E-state index contributed by atoms with van der Waals surface area (Å²) in [7, 11) is 1.61. The molecule has 1 aromatic carbocycles. The second kappa shape index (κ2) is 11.7. The SMILES string of the molecule is CN(C(=O)N[C@H](C(=O)N1CCC=C1C(=O)O)C1CCCCC1)c1cccc(OCCCO)c1. The summed E-state index contributed by atoms with van der Waals surface area (Å²) in [5.41, 5.74) is 0.576. The average Bonchev–Trinajstić information content (AvgIpc) is 3.33. The summed E-state index contributed by atoms with van der Waals surface area (Å²) in [6.45, 7) is 0.709. The first-order valence-electron chi connectivity index (χ1n) is 11.5. The molecule has 0 aromatic heterocycles. The van der Waals surface area contributed by atoms with E-state index in [-0.39, 0.29) is 24.1 Å². The number of nitrogens with one attached hydrogen (secondary N) is 1. The van der Waals surface area contributed by atoms with Gasteiger partial charge >= 0.3 is 12.0 Å². The number of rotatable bonds is 9. The molecule has 1 aliphatic heterocycles. The fraction of sp³-hybridized carbons (Fsp3) is 0.542. The molecule has 1 heterocycles. The van der Waals surface area contributed by atoms with E-state index in [4.69, 9.17) is 9.84 Å². The van der Waals surface area contributed by atoms with Gasteiger partial charge in [0, 0.05) is 38.4 Å². The van der Waals surface area contributed by atoms with Gasteiger partial charge < -0.3 is 25.2 Å². The quantitative estimate of drug-likeness (QED) is 0.489. The topological polar surface area (TPSA) is 119 Å². The Morgan fingerprint density at radius 1 is 1.24 bits per heavy atom. The smallest absolute Gasteiger partial charge is 0.352 e. The van der Waals surface area contributed by atoms with Gasteiger partial charge in [0.15, 0.2) is 0 Å². The van der Waals surface area contributed by atoms with Gasteiger partial charge in [-0.1, -0.05) is 31.4 Å². The summed E-state index contributed by atoms with van der Waals surface area (Å²) < 4.78 is 5.59. The average molecular weight is 460 g/mol. The van der Waals surface area contributed by atoms with Gasteiger partial charge in [-0.05, 0) is 37.3 Å². The molecule has 0 saturated heterocycles. The third-order valence-electron chi connectivity index (χ3n) is 6.21. The number of carbonyl (C=O) groups excluding carboxylic acids is 2. The normalized spacial score (nSPS) is 17.3. The zero-order valence-electron chi connectivity index (χ0n) is 19.0. The molecular formula is C24H33N3O6. The van der Waals surface area contributed by atoms with Crippen LogP contribution in [0.3, 0.4) is 0 Å². The van der Waals surface area contributed by atoms with Crippen molar-refractivity contribution in [2.24, 2.45) is 5.92 Å². The Kier molecular flexibility index (Phi) is 8.71. The summed E-state index contributed by atoms with van der Waals surface area (Å²) >= 11 is 0. The summed E-state index contributed by atoms with van der Waals surface area (Å²) in [6, 6.07) is 5.80. The predicted molar refractivity (Wildman–Crippen MR) is 123 cm³/mol. The number of carbonyl (C=O) groups is 3. The maximum absolute atomic E-state index is 13.4. The number of urea groups is 1. The molecule has 3 amide bonds. The van der Waals surface area contributed by atoms with E-state index in [9.17, 15) is 19.5 Å². The van der Waals surface area contributed by atoms with Crippen LogP contribution in [0.5, 0.6) is 5.75 Å². The number of hydrogen-bond acceptors (Lipinski definition) is 5. The van der Waals surface area contributed by atoms with Crippen molar-refractivity contribution >= 4 is 23.6 Å². The molecule has 33 heavy (non-hydrogen) atoms. The van der Waals surface area contributed by atoms with Crippen LogP contribution in [-0.4, -0.2) is 65.9 Å². The molecule has 1 fully saturated rings. The Hall–Kier alpha value is -3.07. The number of hydrogen-bond donors (Lipinski definition) is 3. The molecule has 0 spiro atoms. The first kappa shape index (κ1) is 24.6. The van der Waals surface area contributed by atoms with E-state index in [1.807, 2.05) is 0 Å². The van der Waals surface area contributed by atoms with Gasteiger partial charge in [-0.25, -0.2) is 9.59 Å². The fourth-order valence-corrected chi connectivity index (χ4v) is 4.39. The van der Waals surface area contributed by atoms with Crippen LogP contribution in [0.4, 0.5) is 10.5 Å². The minimum Gasteiger partial charge on any atom is -0.493 e. The van der Waals surface area contributed by atoms with Crippen LogP contribution in [0.1, 0.15) is 44.9 Å². The number of benzene rings is 1. The monoisotopic (exact) mass is 459 g/mol. The van der Waals surface area contributed by atoms with E-state index < -0.39 is 18.0 Å². The number of amides is 3. The van der Waals surface area contributed by atoms with Crippen molar-refractivity contribution in [3.05, 3.63) is 36.0 Å². The molecule has 1 aliphatic carbocycles. The highest BCUT2D eigenvalue weighted by atomic mass is 16.5. The number of aliphatic hydroxyl groups excluding tert-OH is 1. The van der Waals surface area contributed by atoms with E-state index in [2.05, 4.69) is 5.32 Å². The number of aliphatic hydroxyl groups is 1. The first-order valence-corrected chi connectivity index (χ1v) is 11.5. The van der Waals surface area contributed by atoms with Gasteiger partial charge in [0.05, 0.1) is 6.61 Å². The van der Waals surface area contributed by atoms with E-state index in [0.717, 1.165) is 32.1 Å². The molecule has 0 unspecified atom stereocenters. The van der Waals surface area contributed by atoms with Crippen molar-refractivity contribution in [2.45, 2.75) is 51.0 Å². The van der Waals surface area contributed by atoms with Gasteiger partial charge in [0.25, 0.3) is 0 Å². The van der Waals surface area contributed by atoms with Gasteiger partial charge in [0.2, 0.25) is 5.91 Å². The predicted octanol–water partition coefficient (Wildman–Crippen LogP) is 2.74. The lowest BCUT2D eigenvalue weighted by molar-refractivity contribution is -0.140. The van der Waals surface area contributed by atoms with Gasteiger partial charge in [-0.3, -0.25) is 9.69 Å². The molecule has 9 heteroatoms. The zero-order chi connectivity index (χ0) is 23.8. The minimum absolute atomic E-state index is 0.0175. The third kappa shape index (κ3) is 6.25. The highest BCUT2D eigenvalue weighted by molar-refractivity contribution is 5.99. The number of carboxylic acid groups (broad SMARTS) is 1. The first-order chi connectivity index (χ1) is 15.9. The van der Waals surface area contributed by atoms with Crippen LogP contribution in [0.2, 0.25) is 0 Å². The van der Waals surface area contributed by atoms with Crippen molar-refractivity contribution in [1.29, 1.82) is 0 Å². The number of ether oxygens (including phenoxy) is 1. The van der Waals surface area contributed by atoms with Crippen LogP contribution < -0.4 is 15.0 Å². The van der Waals surface area contributed by atoms with Gasteiger partial charge in [0.1, 0.15) is 17.5 Å². The third-order valence-corrected chi connectivity index (χ3v) is 6.21. The Bertz CT molecular complexity index is 881. The summed E-state index contributed by atoms with van der Waals surface area (Å²) in [4.78, 5) is 40.8. The highest BCUT2D eigenvalue weighted by Crippen LogP contribution is 2.29. The van der Waals surface area contributed by atoms with E-state index in [0.29, 0.717) is 37.4 Å². The molecule has 9 nitrogen and oxygen atoms in total. The van der Waals surface area contributed by atoms with Crippen LogP contribution in [-0.2, 0) is 9.59 Å². The van der Waals surface area contributed by atoms with Crippen LogP contribution in [0.25, 0.3) is 0 Å². The summed E-state index contributed by atoms with van der Waals surface area (Å²) in [5.74, 6) is -0.957. The van der Waals surface area contributed by atoms with Gasteiger partial charge in [-0.15, -0.1) is 0 Å². The molecule has 0 bridgehead atoms. The zero-order valence-corrected chi connectivity index (χ0v) is 19.0. The lowest BCUT2D eigenvalue weighted by Gasteiger charge is -2.34. The fourth-order valence-electron chi connectivity index (χ4n) is 4.39. The highest BCUT2D eigenvalue weighted by Gasteiger charge is 2.38. The van der Waals surface area contributed by atoms with Crippen LogP contribution in [0, 0.1) is 5.92 Å². The number of nitrogens with zero attached hydrogens (tertiary/aromatic N) is 2. The maximum Gasteiger partial charge on any atom is 0.352 e. The number of anilines is 1. The number of aliphatic carboxylic acids is 1. The van der Waals surface area contributed by atoms with Crippen molar-refractivity contribution in [3.63, 3.8) is 0 Å². The second-order valence-corrected chi connectivity index (χ2v) is 8.48. The van der Waals surface area contributed by atoms with E-state index >= 15 is 0 Å². The van der Waals surface area contributed by atoms with E-state index in [1.165, 1.54) is 9.80 Å². The molecule has 1 aromatic rings. The standard InChI is InChI=1S/C24H33N3O6/c1-26(18-10-5-11-19(16-18)33-15-7-14-28)24(32)25-21(17-8-3-2-4-9-17)22(29)27-13-6-12-20(27)23(30)31/h5,10-12,16-17,21,28H,2-4,6-9,13-15H2,1H3,(H,25,32)(H,30,31)/t21-/m0/s1. The lowest BCUT2D eigenvalue weighted by Crippen LogP contribution is -2.55. The molecular weight excluding hydrogens is 426 g/mol.